The van der Waals surface area contributed by atoms with Crippen LogP contribution in [0.5, 0.6) is 0 Å². The number of rotatable bonds is 5. The van der Waals surface area contributed by atoms with E-state index in [-0.39, 0.29) is 18.9 Å². The molecule has 1 heterocycles. The zero-order valence-corrected chi connectivity index (χ0v) is 8.81. The van der Waals surface area contributed by atoms with E-state index < -0.39 is 18.2 Å². The standard InChI is InChI=1S/C9H16N2O5/c12-6(9(14)15)1-2-11-8(13)7-5-10-3-4-16-7/h6-7,10,12H,1-5H2,(H,11,13)(H,14,15)/t6-,7?/m0/s1. The number of carboxylic acid groups (broad SMARTS) is 1. The molecule has 0 radical (unpaired) electrons. The third-order valence-electron chi connectivity index (χ3n) is 2.22. The lowest BCUT2D eigenvalue weighted by atomic mass is 10.2. The zero-order chi connectivity index (χ0) is 12.0. The third kappa shape index (κ3) is 4.13. The van der Waals surface area contributed by atoms with Crippen LogP contribution in [0.4, 0.5) is 0 Å². The Morgan fingerprint density at radius 3 is 2.88 bits per heavy atom. The predicted octanol–water partition coefficient (Wildman–Crippen LogP) is -2.07. The van der Waals surface area contributed by atoms with Crippen molar-refractivity contribution < 1.29 is 24.5 Å². The third-order valence-corrected chi connectivity index (χ3v) is 2.22. The Kier molecular flexibility index (Phi) is 5.17. The molecule has 92 valence electrons. The summed E-state index contributed by atoms with van der Waals surface area (Å²) in [6.07, 6.45) is -1.98. The van der Waals surface area contributed by atoms with Gasteiger partial charge in [-0.3, -0.25) is 4.79 Å². The smallest absolute Gasteiger partial charge is 0.332 e. The van der Waals surface area contributed by atoms with Crippen molar-refractivity contribution in [2.24, 2.45) is 0 Å². The molecule has 0 spiro atoms. The molecule has 2 atom stereocenters. The summed E-state index contributed by atoms with van der Waals surface area (Å²) in [7, 11) is 0. The Labute approximate surface area is 92.8 Å². The van der Waals surface area contributed by atoms with Gasteiger partial charge in [0.25, 0.3) is 0 Å². The van der Waals surface area contributed by atoms with E-state index in [2.05, 4.69) is 10.6 Å². The number of aliphatic carboxylic acids is 1. The van der Waals surface area contributed by atoms with Crippen LogP contribution in [0.2, 0.25) is 0 Å². The highest BCUT2D eigenvalue weighted by Gasteiger charge is 2.21. The topological polar surface area (TPSA) is 108 Å². The van der Waals surface area contributed by atoms with Gasteiger partial charge in [-0.2, -0.15) is 0 Å². The zero-order valence-electron chi connectivity index (χ0n) is 8.81. The van der Waals surface area contributed by atoms with Crippen molar-refractivity contribution in [2.45, 2.75) is 18.6 Å². The highest BCUT2D eigenvalue weighted by atomic mass is 16.5. The first kappa shape index (κ1) is 12.9. The number of carbonyl (C=O) groups excluding carboxylic acids is 1. The van der Waals surface area contributed by atoms with Crippen LogP contribution in [0.3, 0.4) is 0 Å². The van der Waals surface area contributed by atoms with E-state index in [0.717, 1.165) is 6.54 Å². The summed E-state index contributed by atoms with van der Waals surface area (Å²) < 4.78 is 5.19. The monoisotopic (exact) mass is 232 g/mol. The molecule has 1 rings (SSSR count). The first-order valence-electron chi connectivity index (χ1n) is 5.12. The fourth-order valence-electron chi connectivity index (χ4n) is 1.30. The molecule has 7 heteroatoms. The first-order chi connectivity index (χ1) is 7.61. The van der Waals surface area contributed by atoms with Crippen molar-refractivity contribution in [1.82, 2.24) is 10.6 Å². The summed E-state index contributed by atoms with van der Waals surface area (Å²) in [5, 5.41) is 22.9. The molecule has 0 bridgehead atoms. The van der Waals surface area contributed by atoms with Crippen molar-refractivity contribution in [1.29, 1.82) is 0 Å². The molecule has 0 aromatic heterocycles. The molecular weight excluding hydrogens is 216 g/mol. The fourth-order valence-corrected chi connectivity index (χ4v) is 1.30. The molecule has 1 saturated heterocycles. The Balaban J connectivity index is 2.16. The second-order valence-corrected chi connectivity index (χ2v) is 3.50. The normalized spacial score (nSPS) is 22.4. The van der Waals surface area contributed by atoms with Crippen molar-refractivity contribution in [2.75, 3.05) is 26.2 Å². The lowest BCUT2D eigenvalue weighted by molar-refractivity contribution is -0.147. The Morgan fingerprint density at radius 1 is 1.56 bits per heavy atom. The van der Waals surface area contributed by atoms with E-state index in [0.29, 0.717) is 13.2 Å². The van der Waals surface area contributed by atoms with Crippen LogP contribution in [-0.4, -0.2) is 60.5 Å². The molecular formula is C9H16N2O5. The van der Waals surface area contributed by atoms with E-state index in [1.165, 1.54) is 0 Å². The molecule has 4 N–H and O–H groups in total. The molecule has 1 fully saturated rings. The van der Waals surface area contributed by atoms with Gasteiger partial charge in [-0.05, 0) is 0 Å². The van der Waals surface area contributed by atoms with Crippen LogP contribution in [0, 0.1) is 0 Å². The summed E-state index contributed by atoms with van der Waals surface area (Å²) in [4.78, 5) is 21.7. The van der Waals surface area contributed by atoms with Crippen molar-refractivity contribution >= 4 is 11.9 Å². The number of ether oxygens (including phenoxy) is 1. The van der Waals surface area contributed by atoms with Crippen molar-refractivity contribution in [3.05, 3.63) is 0 Å². The molecule has 0 aromatic rings. The molecule has 1 unspecified atom stereocenters. The maximum absolute atomic E-state index is 11.4. The van der Waals surface area contributed by atoms with Crippen LogP contribution < -0.4 is 10.6 Å². The number of hydrogen-bond acceptors (Lipinski definition) is 5. The average Bonchev–Trinajstić information content (AvgIpc) is 2.29. The lowest BCUT2D eigenvalue weighted by Gasteiger charge is -2.22. The van der Waals surface area contributed by atoms with E-state index in [4.69, 9.17) is 14.9 Å². The van der Waals surface area contributed by atoms with E-state index in [1.807, 2.05) is 0 Å². The number of amides is 1. The van der Waals surface area contributed by atoms with Gasteiger partial charge < -0.3 is 25.6 Å². The quantitative estimate of drug-likeness (QED) is 0.433. The van der Waals surface area contributed by atoms with Gasteiger partial charge in [-0.15, -0.1) is 0 Å². The van der Waals surface area contributed by atoms with Crippen LogP contribution >= 0.6 is 0 Å². The minimum Gasteiger partial charge on any atom is -0.479 e. The number of hydrogen-bond donors (Lipinski definition) is 4. The maximum atomic E-state index is 11.4. The van der Waals surface area contributed by atoms with E-state index in [9.17, 15) is 9.59 Å². The minimum absolute atomic E-state index is 0.0127. The SMILES string of the molecule is O=C(NCC[C@H](O)C(=O)O)C1CNCCO1. The summed E-state index contributed by atoms with van der Waals surface area (Å²) in [6, 6.07) is 0. The Bertz CT molecular complexity index is 252. The van der Waals surface area contributed by atoms with Crippen molar-refractivity contribution in [3.8, 4) is 0 Å². The lowest BCUT2D eigenvalue weighted by Crippen LogP contribution is -2.48. The largest absolute Gasteiger partial charge is 0.479 e. The van der Waals surface area contributed by atoms with E-state index in [1.54, 1.807) is 0 Å². The first-order valence-corrected chi connectivity index (χ1v) is 5.12. The van der Waals surface area contributed by atoms with Crippen LogP contribution in [0.15, 0.2) is 0 Å². The number of nitrogens with one attached hydrogen (secondary N) is 2. The highest BCUT2D eigenvalue weighted by Crippen LogP contribution is 1.96. The van der Waals surface area contributed by atoms with Crippen LogP contribution in [-0.2, 0) is 14.3 Å². The molecule has 7 nitrogen and oxygen atoms in total. The van der Waals surface area contributed by atoms with E-state index >= 15 is 0 Å². The Morgan fingerprint density at radius 2 is 2.31 bits per heavy atom. The fraction of sp³-hybridized carbons (Fsp3) is 0.778. The summed E-state index contributed by atoms with van der Waals surface area (Å²) in [5.74, 6) is -1.57. The number of aliphatic hydroxyl groups is 1. The number of carboxylic acids is 1. The average molecular weight is 232 g/mol. The molecule has 0 aliphatic carbocycles. The van der Waals surface area contributed by atoms with Gasteiger partial charge in [0.2, 0.25) is 5.91 Å². The van der Waals surface area contributed by atoms with Gasteiger partial charge in [-0.25, -0.2) is 4.79 Å². The molecule has 0 saturated carbocycles. The van der Waals surface area contributed by atoms with Crippen LogP contribution in [0.1, 0.15) is 6.42 Å². The molecule has 16 heavy (non-hydrogen) atoms. The van der Waals surface area contributed by atoms with Gasteiger partial charge in [0, 0.05) is 26.1 Å². The minimum atomic E-state index is -1.44. The number of morpholine rings is 1. The second-order valence-electron chi connectivity index (χ2n) is 3.50. The predicted molar refractivity (Wildman–Crippen MR) is 53.9 cm³/mol. The van der Waals surface area contributed by atoms with Crippen LogP contribution in [0.25, 0.3) is 0 Å². The number of aliphatic hydroxyl groups excluding tert-OH is 1. The molecule has 0 aromatic carbocycles. The second kappa shape index (κ2) is 6.41. The van der Waals surface area contributed by atoms with Gasteiger partial charge >= 0.3 is 5.97 Å². The molecule has 1 aliphatic heterocycles. The van der Waals surface area contributed by atoms with Gasteiger partial charge in [-0.1, -0.05) is 0 Å². The van der Waals surface area contributed by atoms with Gasteiger partial charge in [0.1, 0.15) is 6.10 Å². The summed E-state index contributed by atoms with van der Waals surface area (Å²) >= 11 is 0. The molecule has 1 amide bonds. The summed E-state index contributed by atoms with van der Waals surface area (Å²) in [5.41, 5.74) is 0. The number of carbonyl (C=O) groups is 2. The highest BCUT2D eigenvalue weighted by molar-refractivity contribution is 5.81. The van der Waals surface area contributed by atoms with Gasteiger partial charge in [0.05, 0.1) is 6.61 Å². The van der Waals surface area contributed by atoms with Crippen molar-refractivity contribution in [3.63, 3.8) is 0 Å². The maximum Gasteiger partial charge on any atom is 0.332 e. The molecule has 1 aliphatic rings. The summed E-state index contributed by atoms with van der Waals surface area (Å²) in [6.45, 7) is 1.77. The Hall–Kier alpha value is -1.18. The van der Waals surface area contributed by atoms with Gasteiger partial charge in [0.15, 0.2) is 6.10 Å².